The number of benzene rings is 1. The third-order valence-corrected chi connectivity index (χ3v) is 5.61. The zero-order valence-corrected chi connectivity index (χ0v) is 19.2. The van der Waals surface area contributed by atoms with Crippen LogP contribution in [0.25, 0.3) is 0 Å². The lowest BCUT2D eigenvalue weighted by Crippen LogP contribution is -2.51. The molecule has 0 radical (unpaired) electrons. The molecule has 6 nitrogen and oxygen atoms in total. The van der Waals surface area contributed by atoms with Crippen molar-refractivity contribution in [3.05, 3.63) is 41.4 Å². The van der Waals surface area contributed by atoms with E-state index in [1.165, 1.54) is 5.56 Å². The normalized spacial score (nSPS) is 15.4. The smallest absolute Gasteiger partial charge is 0.191 e. The molecule has 1 aromatic heterocycles. The molecule has 27 heavy (non-hydrogen) atoms. The zero-order chi connectivity index (χ0) is 18.6. The zero-order valence-electron chi connectivity index (χ0n) is 16.1. The highest BCUT2D eigenvalue weighted by Crippen LogP contribution is 2.27. The van der Waals surface area contributed by atoms with Crippen LogP contribution < -0.4 is 15.4 Å². The maximum absolute atomic E-state index is 6.27. The van der Waals surface area contributed by atoms with Gasteiger partial charge in [-0.1, -0.05) is 26.0 Å². The highest BCUT2D eigenvalue weighted by Gasteiger charge is 2.23. The van der Waals surface area contributed by atoms with Crippen LogP contribution in [0.15, 0.2) is 40.8 Å². The van der Waals surface area contributed by atoms with Crippen molar-refractivity contribution in [1.29, 1.82) is 0 Å². The van der Waals surface area contributed by atoms with E-state index in [2.05, 4.69) is 45.8 Å². The molecular formula is C19H28IN5OS. The number of anilines is 1. The summed E-state index contributed by atoms with van der Waals surface area (Å²) in [6.07, 6.45) is 1.85. The minimum absolute atomic E-state index is 0. The van der Waals surface area contributed by atoms with E-state index in [1.54, 1.807) is 18.4 Å². The van der Waals surface area contributed by atoms with Crippen molar-refractivity contribution in [3.63, 3.8) is 0 Å². The Morgan fingerprint density at radius 3 is 2.67 bits per heavy atom. The van der Waals surface area contributed by atoms with E-state index in [0.717, 1.165) is 37.1 Å². The Balaban J connectivity index is 0.00000261. The Hall–Kier alpha value is -1.55. The predicted molar refractivity (Wildman–Crippen MR) is 124 cm³/mol. The standard InChI is InChI=1S/C19H27N5OS.HI/c1-19(2,15-5-4-6-16(13-15)25-3)14-22-17(20)23-8-10-24(11-9-23)18-21-7-12-26-18;/h4-7,12-13H,8-11,14H2,1-3H3,(H2,20,22);1H. The van der Waals surface area contributed by atoms with Crippen LogP contribution in [0.4, 0.5) is 5.13 Å². The van der Waals surface area contributed by atoms with Gasteiger partial charge >= 0.3 is 0 Å². The van der Waals surface area contributed by atoms with Crippen molar-refractivity contribution in [2.75, 3.05) is 44.7 Å². The van der Waals surface area contributed by atoms with Gasteiger partial charge in [0.2, 0.25) is 0 Å². The predicted octanol–water partition coefficient (Wildman–Crippen LogP) is 3.18. The number of thiazole rings is 1. The molecule has 1 saturated heterocycles. The highest BCUT2D eigenvalue weighted by molar-refractivity contribution is 14.0. The molecule has 0 amide bonds. The second-order valence-corrected chi connectivity index (χ2v) is 7.95. The van der Waals surface area contributed by atoms with Crippen LogP contribution >= 0.6 is 35.3 Å². The fourth-order valence-electron chi connectivity index (χ4n) is 3.01. The minimum Gasteiger partial charge on any atom is -0.497 e. The van der Waals surface area contributed by atoms with E-state index < -0.39 is 0 Å². The molecule has 2 aromatic rings. The summed E-state index contributed by atoms with van der Waals surface area (Å²) >= 11 is 1.68. The molecule has 0 bridgehead atoms. The number of piperazine rings is 1. The first-order chi connectivity index (χ1) is 12.5. The summed E-state index contributed by atoms with van der Waals surface area (Å²) in [5, 5.41) is 3.09. The SMILES string of the molecule is COc1cccc(C(C)(C)CN=C(N)N2CCN(c3nccs3)CC2)c1.I. The Morgan fingerprint density at radius 2 is 2.04 bits per heavy atom. The lowest BCUT2D eigenvalue weighted by Gasteiger charge is -2.35. The summed E-state index contributed by atoms with van der Waals surface area (Å²) in [5.74, 6) is 1.49. The number of hydrogen-bond acceptors (Lipinski definition) is 5. The molecule has 1 fully saturated rings. The van der Waals surface area contributed by atoms with Gasteiger partial charge in [-0.05, 0) is 17.7 Å². The van der Waals surface area contributed by atoms with Crippen molar-refractivity contribution in [1.82, 2.24) is 9.88 Å². The fraction of sp³-hybridized carbons (Fsp3) is 0.474. The number of hydrogen-bond donors (Lipinski definition) is 1. The third-order valence-electron chi connectivity index (χ3n) is 4.78. The summed E-state index contributed by atoms with van der Waals surface area (Å²) in [6.45, 7) is 8.58. The Bertz CT molecular complexity index is 742. The molecule has 2 heterocycles. The fourth-order valence-corrected chi connectivity index (χ4v) is 3.71. The van der Waals surface area contributed by atoms with Crippen molar-refractivity contribution in [2.45, 2.75) is 19.3 Å². The van der Waals surface area contributed by atoms with Crippen LogP contribution in [0.2, 0.25) is 0 Å². The summed E-state index contributed by atoms with van der Waals surface area (Å²) in [5.41, 5.74) is 7.36. The lowest BCUT2D eigenvalue weighted by molar-refractivity contribution is 0.378. The summed E-state index contributed by atoms with van der Waals surface area (Å²) < 4.78 is 5.33. The molecule has 8 heteroatoms. The first-order valence-corrected chi connectivity index (χ1v) is 9.71. The van der Waals surface area contributed by atoms with Crippen LogP contribution in [0.5, 0.6) is 5.75 Å². The second-order valence-electron chi connectivity index (χ2n) is 7.08. The van der Waals surface area contributed by atoms with Crippen molar-refractivity contribution in [3.8, 4) is 5.75 Å². The van der Waals surface area contributed by atoms with E-state index in [-0.39, 0.29) is 29.4 Å². The monoisotopic (exact) mass is 501 g/mol. The number of methoxy groups -OCH3 is 1. The first-order valence-electron chi connectivity index (χ1n) is 8.83. The molecule has 0 atom stereocenters. The van der Waals surface area contributed by atoms with Gasteiger partial charge < -0.3 is 20.3 Å². The highest BCUT2D eigenvalue weighted by atomic mass is 127. The number of nitrogens with two attached hydrogens (primary N) is 1. The maximum Gasteiger partial charge on any atom is 0.191 e. The number of ether oxygens (including phenoxy) is 1. The number of aromatic nitrogens is 1. The van der Waals surface area contributed by atoms with Crippen molar-refractivity contribution in [2.24, 2.45) is 10.7 Å². The van der Waals surface area contributed by atoms with Gasteiger partial charge in [-0.3, -0.25) is 4.99 Å². The van der Waals surface area contributed by atoms with Gasteiger partial charge in [0.15, 0.2) is 11.1 Å². The molecule has 0 aliphatic carbocycles. The quantitative estimate of drug-likeness (QED) is 0.388. The van der Waals surface area contributed by atoms with Gasteiger partial charge in [0.05, 0.1) is 13.7 Å². The average Bonchev–Trinajstić information content (AvgIpc) is 3.21. The van der Waals surface area contributed by atoms with E-state index in [9.17, 15) is 0 Å². The van der Waals surface area contributed by atoms with E-state index >= 15 is 0 Å². The number of rotatable bonds is 5. The van der Waals surface area contributed by atoms with Gasteiger partial charge in [0.1, 0.15) is 5.75 Å². The number of nitrogens with zero attached hydrogens (tertiary/aromatic N) is 4. The van der Waals surface area contributed by atoms with Gasteiger partial charge in [0, 0.05) is 43.2 Å². The van der Waals surface area contributed by atoms with Gasteiger partial charge in [-0.15, -0.1) is 35.3 Å². The van der Waals surface area contributed by atoms with E-state index in [1.807, 2.05) is 23.7 Å². The summed E-state index contributed by atoms with van der Waals surface area (Å²) in [6, 6.07) is 8.15. The number of halogens is 1. The van der Waals surface area contributed by atoms with Crippen LogP contribution in [-0.2, 0) is 5.41 Å². The largest absolute Gasteiger partial charge is 0.497 e. The average molecular weight is 501 g/mol. The second kappa shape index (κ2) is 9.59. The Morgan fingerprint density at radius 1 is 1.30 bits per heavy atom. The Labute approximate surface area is 182 Å². The van der Waals surface area contributed by atoms with E-state index in [0.29, 0.717) is 12.5 Å². The van der Waals surface area contributed by atoms with Crippen LogP contribution in [0.3, 0.4) is 0 Å². The van der Waals surface area contributed by atoms with Crippen LogP contribution in [0, 0.1) is 0 Å². The molecule has 1 aromatic carbocycles. The molecule has 148 valence electrons. The van der Waals surface area contributed by atoms with E-state index in [4.69, 9.17) is 10.5 Å². The minimum atomic E-state index is -0.109. The topological polar surface area (TPSA) is 67.0 Å². The third kappa shape index (κ3) is 5.47. The van der Waals surface area contributed by atoms with Gasteiger partial charge in [0.25, 0.3) is 0 Å². The lowest BCUT2D eigenvalue weighted by atomic mass is 9.84. The van der Waals surface area contributed by atoms with Crippen LogP contribution in [-0.4, -0.2) is 55.7 Å². The molecule has 1 aliphatic heterocycles. The number of guanidine groups is 1. The molecule has 0 unspecified atom stereocenters. The molecule has 2 N–H and O–H groups in total. The molecular weight excluding hydrogens is 473 g/mol. The number of aliphatic imine (C=N–C) groups is 1. The van der Waals surface area contributed by atoms with Gasteiger partial charge in [-0.25, -0.2) is 4.98 Å². The first kappa shape index (κ1) is 21.7. The van der Waals surface area contributed by atoms with Crippen molar-refractivity contribution < 1.29 is 4.74 Å². The van der Waals surface area contributed by atoms with Gasteiger partial charge in [-0.2, -0.15) is 0 Å². The summed E-state index contributed by atoms with van der Waals surface area (Å²) in [7, 11) is 1.69. The van der Waals surface area contributed by atoms with Crippen molar-refractivity contribution >= 4 is 46.4 Å². The molecule has 1 aliphatic rings. The summed E-state index contributed by atoms with van der Waals surface area (Å²) in [4.78, 5) is 13.5. The molecule has 0 saturated carbocycles. The molecule has 0 spiro atoms. The Kier molecular flexibility index (Phi) is 7.72. The molecule has 3 rings (SSSR count). The van der Waals surface area contributed by atoms with Crippen LogP contribution in [0.1, 0.15) is 19.4 Å². The maximum atomic E-state index is 6.27.